The number of carbonyl (C=O) groups excluding carboxylic acids is 1. The molecule has 2 aromatic rings. The summed E-state index contributed by atoms with van der Waals surface area (Å²) in [6, 6.07) is 5.49. The summed E-state index contributed by atoms with van der Waals surface area (Å²) >= 11 is 1.43. The average Bonchev–Trinajstić information content (AvgIpc) is 2.88. The number of hydrogen-bond donors (Lipinski definition) is 2. The molecule has 4 nitrogen and oxygen atoms in total. The van der Waals surface area contributed by atoms with Crippen LogP contribution in [0.4, 0.5) is 5.69 Å². The van der Waals surface area contributed by atoms with Gasteiger partial charge < -0.3 is 11.1 Å². The Balaban J connectivity index is 2.13. The number of nitrogens with two attached hydrogens (primary N) is 1. The number of aromatic nitrogens is 1. The Morgan fingerprint density at radius 3 is 2.95 bits per heavy atom. The van der Waals surface area contributed by atoms with Gasteiger partial charge in [0, 0.05) is 11.1 Å². The van der Waals surface area contributed by atoms with Crippen molar-refractivity contribution in [1.82, 2.24) is 4.98 Å². The van der Waals surface area contributed by atoms with Crippen molar-refractivity contribution in [2.24, 2.45) is 5.73 Å². The minimum atomic E-state index is -0.157. The van der Waals surface area contributed by atoms with Crippen molar-refractivity contribution in [3.63, 3.8) is 0 Å². The van der Waals surface area contributed by atoms with Crippen LogP contribution in [0.2, 0.25) is 0 Å². The number of amides is 1. The fourth-order valence-electron chi connectivity index (χ4n) is 1.67. The fourth-order valence-corrected chi connectivity index (χ4v) is 2.43. The van der Waals surface area contributed by atoms with Crippen molar-refractivity contribution in [1.29, 1.82) is 0 Å². The highest BCUT2D eigenvalue weighted by molar-refractivity contribution is 7.10. The SMILES string of the molecule is Cc1ccc(NC(=O)c2csc(C#CCN)c2)c(C)n1. The van der Waals surface area contributed by atoms with Crippen LogP contribution >= 0.6 is 11.3 Å². The summed E-state index contributed by atoms with van der Waals surface area (Å²) in [5.41, 5.74) is 8.36. The van der Waals surface area contributed by atoms with E-state index in [0.717, 1.165) is 22.0 Å². The summed E-state index contributed by atoms with van der Waals surface area (Å²) in [5.74, 6) is 5.53. The molecule has 0 fully saturated rings. The number of rotatable bonds is 2. The lowest BCUT2D eigenvalue weighted by molar-refractivity contribution is 0.102. The summed E-state index contributed by atoms with van der Waals surface area (Å²) in [7, 11) is 0. The molecule has 102 valence electrons. The molecule has 2 heterocycles. The summed E-state index contributed by atoms with van der Waals surface area (Å²) in [6.07, 6.45) is 0. The van der Waals surface area contributed by atoms with E-state index in [9.17, 15) is 4.79 Å². The molecule has 0 saturated heterocycles. The molecule has 1 amide bonds. The summed E-state index contributed by atoms with van der Waals surface area (Å²) < 4.78 is 0. The van der Waals surface area contributed by atoms with Gasteiger partial charge in [-0.05, 0) is 32.0 Å². The highest BCUT2D eigenvalue weighted by atomic mass is 32.1. The van der Waals surface area contributed by atoms with E-state index >= 15 is 0 Å². The van der Waals surface area contributed by atoms with E-state index in [1.165, 1.54) is 11.3 Å². The van der Waals surface area contributed by atoms with Gasteiger partial charge in [-0.2, -0.15) is 0 Å². The van der Waals surface area contributed by atoms with Crippen molar-refractivity contribution in [3.05, 3.63) is 45.4 Å². The third-order valence-corrected chi connectivity index (χ3v) is 3.49. The first-order valence-electron chi connectivity index (χ1n) is 6.13. The van der Waals surface area contributed by atoms with E-state index in [1.807, 2.05) is 26.0 Å². The summed E-state index contributed by atoms with van der Waals surface area (Å²) in [5, 5.41) is 4.64. The Morgan fingerprint density at radius 1 is 1.45 bits per heavy atom. The van der Waals surface area contributed by atoms with Gasteiger partial charge in [-0.3, -0.25) is 9.78 Å². The average molecular weight is 285 g/mol. The molecular formula is C15H15N3OS. The Bertz CT molecular complexity index is 695. The number of pyridine rings is 1. The number of anilines is 1. The van der Waals surface area contributed by atoms with Crippen molar-refractivity contribution in [3.8, 4) is 11.8 Å². The van der Waals surface area contributed by atoms with Crippen LogP contribution in [0, 0.1) is 25.7 Å². The molecule has 0 spiro atoms. The van der Waals surface area contributed by atoms with Gasteiger partial charge in [0.05, 0.1) is 28.4 Å². The molecule has 0 aliphatic carbocycles. The van der Waals surface area contributed by atoms with Crippen LogP contribution in [0.3, 0.4) is 0 Å². The van der Waals surface area contributed by atoms with E-state index in [1.54, 1.807) is 11.4 Å². The predicted octanol–water partition coefficient (Wildman–Crippen LogP) is 2.32. The molecule has 0 radical (unpaired) electrons. The van der Waals surface area contributed by atoms with Crippen LogP contribution in [0.5, 0.6) is 0 Å². The van der Waals surface area contributed by atoms with Gasteiger partial charge in [-0.25, -0.2) is 0 Å². The Hall–Kier alpha value is -2.16. The monoisotopic (exact) mass is 285 g/mol. The van der Waals surface area contributed by atoms with E-state index in [-0.39, 0.29) is 5.91 Å². The zero-order valence-electron chi connectivity index (χ0n) is 11.4. The van der Waals surface area contributed by atoms with Crippen LogP contribution < -0.4 is 11.1 Å². The van der Waals surface area contributed by atoms with Crippen LogP contribution in [-0.2, 0) is 0 Å². The first kappa shape index (κ1) is 14.3. The number of nitrogens with zero attached hydrogens (tertiary/aromatic N) is 1. The zero-order chi connectivity index (χ0) is 14.5. The van der Waals surface area contributed by atoms with Gasteiger partial charge in [0.1, 0.15) is 0 Å². The molecule has 2 rings (SSSR count). The summed E-state index contributed by atoms with van der Waals surface area (Å²) in [6.45, 7) is 4.10. The minimum absolute atomic E-state index is 0.157. The lowest BCUT2D eigenvalue weighted by Gasteiger charge is -2.07. The highest BCUT2D eigenvalue weighted by Gasteiger charge is 2.10. The van der Waals surface area contributed by atoms with E-state index < -0.39 is 0 Å². The first-order chi connectivity index (χ1) is 9.60. The maximum atomic E-state index is 12.1. The quantitative estimate of drug-likeness (QED) is 0.832. The number of nitrogens with one attached hydrogen (secondary N) is 1. The van der Waals surface area contributed by atoms with Crippen LogP contribution in [0.1, 0.15) is 26.6 Å². The lowest BCUT2D eigenvalue weighted by atomic mass is 10.2. The molecular weight excluding hydrogens is 270 g/mol. The van der Waals surface area contributed by atoms with Crippen LogP contribution in [0.25, 0.3) is 0 Å². The molecule has 0 bridgehead atoms. The largest absolute Gasteiger partial charge is 0.320 e. The molecule has 0 aromatic carbocycles. The lowest BCUT2D eigenvalue weighted by Crippen LogP contribution is -2.12. The zero-order valence-corrected chi connectivity index (χ0v) is 12.2. The van der Waals surface area contributed by atoms with Gasteiger partial charge >= 0.3 is 0 Å². The Kier molecular flexibility index (Phi) is 4.51. The number of aryl methyl sites for hydroxylation is 2. The molecule has 0 atom stereocenters. The number of thiophene rings is 1. The molecule has 0 aliphatic rings. The number of hydrogen-bond acceptors (Lipinski definition) is 4. The van der Waals surface area contributed by atoms with Gasteiger partial charge in [0.2, 0.25) is 0 Å². The molecule has 20 heavy (non-hydrogen) atoms. The number of carbonyl (C=O) groups is 1. The normalized spacial score (nSPS) is 9.75. The van der Waals surface area contributed by atoms with E-state index in [4.69, 9.17) is 5.73 Å². The van der Waals surface area contributed by atoms with Crippen molar-refractivity contribution in [2.45, 2.75) is 13.8 Å². The first-order valence-corrected chi connectivity index (χ1v) is 7.01. The molecule has 0 unspecified atom stereocenters. The molecule has 5 heteroatoms. The van der Waals surface area contributed by atoms with Gasteiger partial charge in [0.15, 0.2) is 0 Å². The topological polar surface area (TPSA) is 68.0 Å². The second kappa shape index (κ2) is 6.33. The van der Waals surface area contributed by atoms with Crippen molar-refractivity contribution < 1.29 is 4.79 Å². The molecule has 3 N–H and O–H groups in total. The van der Waals surface area contributed by atoms with Gasteiger partial charge in [-0.15, -0.1) is 11.3 Å². The fraction of sp³-hybridized carbons (Fsp3) is 0.200. The predicted molar refractivity (Wildman–Crippen MR) is 81.9 cm³/mol. The van der Waals surface area contributed by atoms with E-state index in [0.29, 0.717) is 12.1 Å². The molecule has 0 saturated carbocycles. The smallest absolute Gasteiger partial charge is 0.256 e. The minimum Gasteiger partial charge on any atom is -0.320 e. The molecule has 0 aliphatic heterocycles. The van der Waals surface area contributed by atoms with Crippen LogP contribution in [0.15, 0.2) is 23.6 Å². The highest BCUT2D eigenvalue weighted by Crippen LogP contribution is 2.17. The van der Waals surface area contributed by atoms with E-state index in [2.05, 4.69) is 22.1 Å². The van der Waals surface area contributed by atoms with Gasteiger partial charge in [-0.1, -0.05) is 11.8 Å². The Labute approximate surface area is 122 Å². The van der Waals surface area contributed by atoms with Gasteiger partial charge in [0.25, 0.3) is 5.91 Å². The maximum Gasteiger partial charge on any atom is 0.256 e. The van der Waals surface area contributed by atoms with Crippen molar-refractivity contribution >= 4 is 22.9 Å². The second-order valence-corrected chi connectivity index (χ2v) is 5.16. The third kappa shape index (κ3) is 3.44. The third-order valence-electron chi connectivity index (χ3n) is 2.65. The summed E-state index contributed by atoms with van der Waals surface area (Å²) in [4.78, 5) is 17.3. The van der Waals surface area contributed by atoms with Crippen molar-refractivity contribution in [2.75, 3.05) is 11.9 Å². The molecule has 2 aromatic heterocycles. The van der Waals surface area contributed by atoms with Crippen LogP contribution in [-0.4, -0.2) is 17.4 Å². The maximum absolute atomic E-state index is 12.1. The standard InChI is InChI=1S/C15H15N3OS/c1-10-5-6-14(11(2)17-10)18-15(19)12-8-13(20-9-12)4-3-7-16/h5-6,8-9H,7,16H2,1-2H3,(H,18,19). The Morgan fingerprint density at radius 2 is 2.25 bits per heavy atom. The second-order valence-electron chi connectivity index (χ2n) is 4.25.